The molecule has 0 saturated heterocycles. The van der Waals surface area contributed by atoms with Gasteiger partial charge in [0.05, 0.1) is 0 Å². The van der Waals surface area contributed by atoms with Gasteiger partial charge in [0, 0.05) is 0 Å². The fourth-order valence-corrected chi connectivity index (χ4v) is 8.19. The van der Waals surface area contributed by atoms with Crippen LogP contribution in [0.25, 0.3) is 0 Å². The molecular weight excluding hydrogens is 404 g/mol. The molecule has 0 aliphatic rings. The average Bonchev–Trinajstić information content (AvgIpc) is 2.50. The van der Waals surface area contributed by atoms with E-state index in [0.29, 0.717) is 6.61 Å². The van der Waals surface area contributed by atoms with Gasteiger partial charge in [-0.2, -0.15) is 0 Å². The van der Waals surface area contributed by atoms with E-state index in [2.05, 4.69) is 0 Å². The van der Waals surface area contributed by atoms with Gasteiger partial charge in [0.1, 0.15) is 0 Å². The second-order valence-corrected chi connectivity index (χ2v) is 13.1. The first-order chi connectivity index (χ1) is 12.8. The molecule has 0 aliphatic carbocycles. The standard InChI is InChI=1S/2C6H11O3.C4H9O.C3H7O.Ti/c2*1-4(2)9-6(8)5(3)7;1-4(2)3-5;1-3(2)4;/h2*4-5,7H,3H2,1-2H3;4H,3H2,1-2H3;3H,1-2H3;/q;;2*-1;+2. The molecule has 0 spiro atoms. The van der Waals surface area contributed by atoms with Crippen molar-refractivity contribution in [2.24, 2.45) is 5.92 Å². The number of aliphatic hydroxyl groups excluding tert-OH is 2. The molecule has 0 rings (SSSR count). The summed E-state index contributed by atoms with van der Waals surface area (Å²) in [6.07, 6.45) is -3.94. The number of carbonyl (C=O) groups is 2. The first-order valence-corrected chi connectivity index (χ1v) is 13.3. The molecule has 0 aromatic rings. The molecule has 28 heavy (non-hydrogen) atoms. The van der Waals surface area contributed by atoms with E-state index in [9.17, 15) is 19.8 Å². The molecule has 166 valence electrons. The van der Waals surface area contributed by atoms with Crippen molar-refractivity contribution in [3.63, 3.8) is 0 Å². The first-order valence-electron chi connectivity index (χ1n) is 9.86. The predicted octanol–water partition coefficient (Wildman–Crippen LogP) is 2.53. The number of esters is 2. The van der Waals surface area contributed by atoms with E-state index in [0.717, 1.165) is 0 Å². The number of rotatable bonds is 13. The van der Waals surface area contributed by atoms with Crippen LogP contribution in [0.1, 0.15) is 55.4 Å². The van der Waals surface area contributed by atoms with Crippen LogP contribution in [0, 0.1) is 5.92 Å². The minimum atomic E-state index is -4.01. The van der Waals surface area contributed by atoms with Gasteiger partial charge in [-0.25, -0.2) is 0 Å². The number of hydrogen-bond donors (Lipinski definition) is 2. The Balaban J connectivity index is 5.59. The zero-order valence-corrected chi connectivity index (χ0v) is 20.0. The normalized spacial score (nSPS) is 16.4. The summed E-state index contributed by atoms with van der Waals surface area (Å²) in [6.45, 7) is 14.6. The molecule has 0 aromatic carbocycles. The van der Waals surface area contributed by atoms with Crippen LogP contribution in [-0.4, -0.2) is 59.3 Å². The number of hydrogen-bond acceptors (Lipinski definition) is 8. The van der Waals surface area contributed by atoms with Crippen molar-refractivity contribution in [2.45, 2.75) is 95.4 Å². The Morgan fingerprint density at radius 2 is 1.14 bits per heavy atom. The van der Waals surface area contributed by atoms with Gasteiger partial charge in [-0.1, -0.05) is 0 Å². The van der Waals surface area contributed by atoms with Crippen LogP contribution in [0.5, 0.6) is 0 Å². The van der Waals surface area contributed by atoms with Gasteiger partial charge >= 0.3 is 173 Å². The zero-order chi connectivity index (χ0) is 22.1. The third-order valence-electron chi connectivity index (χ3n) is 3.39. The van der Waals surface area contributed by atoms with E-state index in [1.165, 1.54) is 0 Å². The molecule has 0 fully saturated rings. The van der Waals surface area contributed by atoms with E-state index in [-0.39, 0.29) is 33.7 Å². The van der Waals surface area contributed by atoms with E-state index < -0.39 is 41.5 Å². The van der Waals surface area contributed by atoms with Crippen molar-refractivity contribution in [3.8, 4) is 0 Å². The van der Waals surface area contributed by atoms with E-state index >= 15 is 0 Å². The maximum atomic E-state index is 12.1. The summed E-state index contributed by atoms with van der Waals surface area (Å²) in [4.78, 5) is 24.2. The van der Waals surface area contributed by atoms with E-state index in [1.807, 2.05) is 13.8 Å². The number of carbonyl (C=O) groups excluding carboxylic acids is 2. The van der Waals surface area contributed by atoms with Crippen molar-refractivity contribution in [3.05, 3.63) is 0 Å². The molecule has 9 heteroatoms. The molecule has 2 unspecified atom stereocenters. The SMILES string of the molecule is CC(C)C[O][Ti]([CH2]C(O)C(=O)OC(C)C)([CH2]C(O)C(=O)OC(C)C)[O]C(C)C. The van der Waals surface area contributed by atoms with Crippen molar-refractivity contribution in [2.75, 3.05) is 6.61 Å². The van der Waals surface area contributed by atoms with Gasteiger partial charge in [-0.3, -0.25) is 0 Å². The Kier molecular flexibility index (Phi) is 12.7. The Labute approximate surface area is 173 Å². The predicted molar refractivity (Wildman–Crippen MR) is 101 cm³/mol. The molecule has 0 aromatic heterocycles. The summed E-state index contributed by atoms with van der Waals surface area (Å²) >= 11 is -4.01. The van der Waals surface area contributed by atoms with Gasteiger partial charge in [0.25, 0.3) is 0 Å². The summed E-state index contributed by atoms with van der Waals surface area (Å²) in [7, 11) is 0. The Hall–Kier alpha value is -0.506. The molecule has 2 N–H and O–H groups in total. The summed E-state index contributed by atoms with van der Waals surface area (Å²) in [5.74, 6) is -1.38. The van der Waals surface area contributed by atoms with Crippen LogP contribution in [0.2, 0.25) is 9.45 Å². The Morgan fingerprint density at radius 1 is 0.750 bits per heavy atom. The van der Waals surface area contributed by atoms with Crippen molar-refractivity contribution in [1.29, 1.82) is 0 Å². The van der Waals surface area contributed by atoms with E-state index in [4.69, 9.17) is 16.1 Å². The Morgan fingerprint density at radius 3 is 1.43 bits per heavy atom. The van der Waals surface area contributed by atoms with Crippen LogP contribution in [0.3, 0.4) is 0 Å². The summed E-state index contributed by atoms with van der Waals surface area (Å²) in [6, 6.07) is 0. The molecule has 0 amide bonds. The Bertz CT molecular complexity index is 449. The second kappa shape index (κ2) is 12.9. The summed E-state index contributed by atoms with van der Waals surface area (Å²) in [5, 5.41) is 20.8. The summed E-state index contributed by atoms with van der Waals surface area (Å²) < 4.78 is 22.1. The van der Waals surface area contributed by atoms with Crippen LogP contribution in [0.15, 0.2) is 0 Å². The monoisotopic (exact) mass is 442 g/mol. The minimum absolute atomic E-state index is 0.109. The van der Waals surface area contributed by atoms with E-state index in [1.54, 1.807) is 41.5 Å². The second-order valence-electron chi connectivity index (χ2n) is 8.19. The first kappa shape index (κ1) is 27.5. The van der Waals surface area contributed by atoms with Gasteiger partial charge in [0.15, 0.2) is 0 Å². The molecule has 0 aliphatic heterocycles. The average molecular weight is 442 g/mol. The topological polar surface area (TPSA) is 112 Å². The van der Waals surface area contributed by atoms with Gasteiger partial charge in [-0.05, 0) is 0 Å². The molecule has 8 nitrogen and oxygen atoms in total. The molecular formula is C19H38O8Ti. The fraction of sp³-hybridized carbons (Fsp3) is 0.895. The molecule has 0 heterocycles. The van der Waals surface area contributed by atoms with Gasteiger partial charge in [0.2, 0.25) is 0 Å². The van der Waals surface area contributed by atoms with Crippen LogP contribution < -0.4 is 0 Å². The van der Waals surface area contributed by atoms with Crippen molar-refractivity contribution in [1.82, 2.24) is 0 Å². The van der Waals surface area contributed by atoms with Crippen molar-refractivity contribution >= 4 is 11.9 Å². The maximum absolute atomic E-state index is 12.1. The van der Waals surface area contributed by atoms with Crippen LogP contribution in [0.4, 0.5) is 0 Å². The third-order valence-corrected chi connectivity index (χ3v) is 9.03. The summed E-state index contributed by atoms with van der Waals surface area (Å²) in [5.41, 5.74) is 0. The molecule has 0 bridgehead atoms. The molecule has 0 radical (unpaired) electrons. The van der Waals surface area contributed by atoms with Crippen LogP contribution in [-0.2, 0) is 43.1 Å². The zero-order valence-electron chi connectivity index (χ0n) is 18.4. The van der Waals surface area contributed by atoms with Gasteiger partial charge in [-0.15, -0.1) is 0 Å². The van der Waals surface area contributed by atoms with Gasteiger partial charge < -0.3 is 0 Å². The number of ether oxygens (including phenoxy) is 2. The third kappa shape index (κ3) is 11.5. The fourth-order valence-electron chi connectivity index (χ4n) is 2.46. The quantitative estimate of drug-likeness (QED) is 0.331. The van der Waals surface area contributed by atoms with Crippen molar-refractivity contribution < 1.29 is 53.3 Å². The van der Waals surface area contributed by atoms with Crippen LogP contribution >= 0.6 is 0 Å². The molecule has 2 atom stereocenters. The number of aliphatic hydroxyl groups is 2. The molecule has 0 saturated carbocycles.